The number of amides is 2. The van der Waals surface area contributed by atoms with Crippen molar-refractivity contribution in [3.8, 4) is 5.75 Å². The number of benzene rings is 2. The fourth-order valence-corrected chi connectivity index (χ4v) is 2.31. The zero-order valence-electron chi connectivity index (χ0n) is 12.9. The molecule has 2 aromatic rings. The number of ether oxygens (including phenoxy) is 1. The summed E-state index contributed by atoms with van der Waals surface area (Å²) in [6, 6.07) is 14.3. The normalized spacial score (nSPS) is 12.2. The average molecular weight is 398 g/mol. The first kappa shape index (κ1) is 16.8. The molecule has 2 amide bonds. The Hall–Kier alpha value is -3.02. The number of carbonyl (C=O) groups excluding carboxylic acids is 2. The number of carbonyl (C=O) groups is 2. The first-order chi connectivity index (χ1) is 12.1. The van der Waals surface area contributed by atoms with Gasteiger partial charge >= 0.3 is 0 Å². The molecule has 7 heteroatoms. The maximum atomic E-state index is 11.9. The molecule has 0 spiro atoms. The molecule has 0 aliphatic carbocycles. The van der Waals surface area contributed by atoms with E-state index in [4.69, 9.17) is 4.74 Å². The minimum absolute atomic E-state index is 0.174. The Morgan fingerprint density at radius 3 is 2.76 bits per heavy atom. The lowest BCUT2D eigenvalue weighted by Crippen LogP contribution is -2.30. The van der Waals surface area contributed by atoms with Crippen LogP contribution < -0.4 is 20.7 Å². The van der Waals surface area contributed by atoms with Crippen molar-refractivity contribution in [2.24, 2.45) is 10.1 Å². The van der Waals surface area contributed by atoms with Crippen LogP contribution in [0.4, 0.5) is 0 Å². The highest BCUT2D eigenvalue weighted by molar-refractivity contribution is 9.10. The van der Waals surface area contributed by atoms with Gasteiger partial charge in [0.1, 0.15) is 11.3 Å². The van der Waals surface area contributed by atoms with Gasteiger partial charge in [0.2, 0.25) is 0 Å². The van der Waals surface area contributed by atoms with Gasteiger partial charge in [0, 0.05) is 15.6 Å². The van der Waals surface area contributed by atoms with E-state index in [1.165, 1.54) is 0 Å². The topological polar surface area (TPSA) is 80.1 Å². The molecule has 0 unspecified atom stereocenters. The lowest BCUT2D eigenvalue weighted by Gasteiger charge is -2.04. The third-order valence-electron chi connectivity index (χ3n) is 3.23. The van der Waals surface area contributed by atoms with Gasteiger partial charge in [-0.1, -0.05) is 34.1 Å². The van der Waals surface area contributed by atoms with Crippen LogP contribution in [0, 0.1) is 0 Å². The first-order valence-electron chi connectivity index (χ1n) is 7.31. The Kier molecular flexibility index (Phi) is 5.18. The minimum atomic E-state index is -0.461. The lowest BCUT2D eigenvalue weighted by atomic mass is 10.1. The van der Waals surface area contributed by atoms with Gasteiger partial charge < -0.3 is 4.74 Å². The Bertz CT molecular complexity index is 1010. The summed E-state index contributed by atoms with van der Waals surface area (Å²) >= 11 is 3.31. The third-order valence-corrected chi connectivity index (χ3v) is 3.76. The molecule has 0 atom stereocenters. The second-order valence-electron chi connectivity index (χ2n) is 5.03. The van der Waals surface area contributed by atoms with Crippen molar-refractivity contribution in [3.63, 3.8) is 0 Å². The van der Waals surface area contributed by atoms with E-state index in [0.29, 0.717) is 11.1 Å². The van der Waals surface area contributed by atoms with E-state index in [1.807, 2.05) is 24.3 Å². The van der Waals surface area contributed by atoms with Crippen LogP contribution in [0.3, 0.4) is 0 Å². The summed E-state index contributed by atoms with van der Waals surface area (Å²) in [4.78, 5) is 27.5. The van der Waals surface area contributed by atoms with Crippen molar-refractivity contribution in [2.75, 3.05) is 6.61 Å². The largest absolute Gasteiger partial charge is 0.484 e. The molecule has 3 rings (SSSR count). The zero-order valence-corrected chi connectivity index (χ0v) is 14.5. The van der Waals surface area contributed by atoms with Gasteiger partial charge in [-0.15, -0.1) is 5.10 Å². The first-order valence-corrected chi connectivity index (χ1v) is 8.11. The molecule has 124 valence electrons. The maximum Gasteiger partial charge on any atom is 0.287 e. The molecule has 1 aliphatic rings. The van der Waals surface area contributed by atoms with E-state index < -0.39 is 11.8 Å². The number of fused-ring (bicyclic) bond motifs is 1. The molecule has 0 saturated carbocycles. The van der Waals surface area contributed by atoms with E-state index >= 15 is 0 Å². The minimum Gasteiger partial charge on any atom is -0.484 e. The fourth-order valence-electron chi connectivity index (χ4n) is 2.04. The molecular formula is C18H12BrN3O3. The SMILES string of the molecule is O=C(COc1ccc(Br)cc1)NN=C=C1C=c2ccccc2=NC1=O. The van der Waals surface area contributed by atoms with Crippen LogP contribution in [0.25, 0.3) is 6.08 Å². The summed E-state index contributed by atoms with van der Waals surface area (Å²) in [6.07, 6.45) is 1.62. The Morgan fingerprint density at radius 1 is 1.20 bits per heavy atom. The highest BCUT2D eigenvalue weighted by Crippen LogP contribution is 2.15. The lowest BCUT2D eigenvalue weighted by molar-refractivity contribution is -0.123. The second kappa shape index (κ2) is 7.70. The number of halogens is 1. The molecular weight excluding hydrogens is 386 g/mol. The van der Waals surface area contributed by atoms with Gasteiger partial charge in [0.05, 0.1) is 5.36 Å². The van der Waals surface area contributed by atoms with Crippen molar-refractivity contribution >= 4 is 39.7 Å². The van der Waals surface area contributed by atoms with E-state index in [0.717, 1.165) is 9.69 Å². The van der Waals surface area contributed by atoms with E-state index in [9.17, 15) is 9.59 Å². The van der Waals surface area contributed by atoms with E-state index in [-0.39, 0.29) is 12.2 Å². The molecule has 25 heavy (non-hydrogen) atoms. The van der Waals surface area contributed by atoms with Crippen LogP contribution in [0.2, 0.25) is 0 Å². The number of hydrogen-bond donors (Lipinski definition) is 1. The van der Waals surface area contributed by atoms with Crippen LogP contribution >= 0.6 is 15.9 Å². The maximum absolute atomic E-state index is 11.9. The zero-order chi connectivity index (χ0) is 17.6. The fraction of sp³-hybridized carbons (Fsp3) is 0.0556. The van der Waals surface area contributed by atoms with Crippen molar-refractivity contribution < 1.29 is 14.3 Å². The number of hydrazone groups is 1. The highest BCUT2D eigenvalue weighted by Gasteiger charge is 2.09. The van der Waals surface area contributed by atoms with E-state index in [1.54, 1.807) is 30.3 Å². The van der Waals surface area contributed by atoms with Crippen LogP contribution in [0.1, 0.15) is 0 Å². The quantitative estimate of drug-likeness (QED) is 0.476. The Labute approximate surface area is 151 Å². The number of nitrogens with one attached hydrogen (secondary N) is 1. The van der Waals surface area contributed by atoms with Crippen LogP contribution in [0.5, 0.6) is 5.75 Å². The average Bonchev–Trinajstić information content (AvgIpc) is 2.61. The second-order valence-corrected chi connectivity index (χ2v) is 5.95. The molecule has 1 N–H and O–H groups in total. The van der Waals surface area contributed by atoms with Gasteiger partial charge in [0.15, 0.2) is 6.61 Å². The van der Waals surface area contributed by atoms with Crippen molar-refractivity contribution in [1.82, 2.24) is 5.43 Å². The smallest absolute Gasteiger partial charge is 0.287 e. The Morgan fingerprint density at radius 2 is 1.96 bits per heavy atom. The van der Waals surface area contributed by atoms with Gasteiger partial charge in [-0.05, 0) is 36.4 Å². The van der Waals surface area contributed by atoms with Crippen LogP contribution in [-0.2, 0) is 9.59 Å². The molecule has 0 aromatic heterocycles. The highest BCUT2D eigenvalue weighted by atomic mass is 79.9. The molecule has 0 fully saturated rings. The standard InChI is InChI=1S/C18H12BrN3O3/c19-14-5-7-15(8-6-14)25-11-17(23)22-20-10-13-9-12-3-1-2-4-16(12)21-18(13)24/h1-9H,11H2,(H,22,23). The molecule has 2 aromatic carbocycles. The number of rotatable bonds is 4. The van der Waals surface area contributed by atoms with Gasteiger partial charge in [0.25, 0.3) is 11.8 Å². The molecule has 0 saturated heterocycles. The summed E-state index contributed by atoms with van der Waals surface area (Å²) in [5.41, 5.74) is 2.44. The molecule has 0 radical (unpaired) electrons. The summed E-state index contributed by atoms with van der Waals surface area (Å²) in [7, 11) is 0. The summed E-state index contributed by atoms with van der Waals surface area (Å²) in [5, 5.41) is 5.06. The number of nitrogens with zero attached hydrogens (tertiary/aromatic N) is 2. The molecule has 1 aliphatic heterocycles. The summed E-state index contributed by atoms with van der Waals surface area (Å²) in [6.45, 7) is -0.201. The number of hydrogen-bond acceptors (Lipinski definition) is 4. The molecule has 6 nitrogen and oxygen atoms in total. The predicted molar refractivity (Wildman–Crippen MR) is 95.4 cm³/mol. The van der Waals surface area contributed by atoms with Gasteiger partial charge in [-0.3, -0.25) is 9.59 Å². The summed E-state index contributed by atoms with van der Waals surface area (Å²) < 4.78 is 6.23. The van der Waals surface area contributed by atoms with Gasteiger partial charge in [-0.2, -0.15) is 0 Å². The summed E-state index contributed by atoms with van der Waals surface area (Å²) in [5.74, 6) is 2.14. The monoisotopic (exact) mass is 397 g/mol. The van der Waals surface area contributed by atoms with Crippen molar-refractivity contribution in [3.05, 3.63) is 69.2 Å². The predicted octanol–water partition coefficient (Wildman–Crippen LogP) is 1.10. The Balaban J connectivity index is 1.63. The van der Waals surface area contributed by atoms with Crippen LogP contribution in [-0.4, -0.2) is 24.3 Å². The van der Waals surface area contributed by atoms with Gasteiger partial charge in [-0.25, -0.2) is 10.4 Å². The van der Waals surface area contributed by atoms with Crippen LogP contribution in [0.15, 0.2) is 68.7 Å². The number of para-hydroxylation sites is 1. The van der Waals surface area contributed by atoms with Crippen molar-refractivity contribution in [2.45, 2.75) is 0 Å². The third kappa shape index (κ3) is 4.50. The molecule has 1 heterocycles. The molecule has 0 bridgehead atoms. The van der Waals surface area contributed by atoms with E-state index in [2.05, 4.69) is 37.3 Å². The van der Waals surface area contributed by atoms with Crippen molar-refractivity contribution in [1.29, 1.82) is 0 Å².